The van der Waals surface area contributed by atoms with Gasteiger partial charge in [0.2, 0.25) is 5.91 Å². The van der Waals surface area contributed by atoms with Gasteiger partial charge in [0.25, 0.3) is 0 Å². The Morgan fingerprint density at radius 1 is 1.48 bits per heavy atom. The van der Waals surface area contributed by atoms with Crippen molar-refractivity contribution in [3.63, 3.8) is 0 Å². The molecule has 3 rings (SSSR count). The third-order valence-corrected chi connectivity index (χ3v) is 4.46. The number of rotatable bonds is 5. The summed E-state index contributed by atoms with van der Waals surface area (Å²) in [7, 11) is 1.41. The Labute approximate surface area is 154 Å². The molecular formula is C17H22F3N5O2. The average molecular weight is 385 g/mol. The number of aromatic nitrogens is 3. The van der Waals surface area contributed by atoms with E-state index in [0.717, 1.165) is 6.07 Å². The van der Waals surface area contributed by atoms with Gasteiger partial charge in [-0.1, -0.05) is 0 Å². The Balaban J connectivity index is 2.09. The zero-order valence-corrected chi connectivity index (χ0v) is 15.4. The summed E-state index contributed by atoms with van der Waals surface area (Å²) in [6.07, 6.45) is -3.33. The van der Waals surface area contributed by atoms with Gasteiger partial charge in [-0.25, -0.2) is 4.98 Å². The van der Waals surface area contributed by atoms with Crippen LogP contribution in [0.5, 0.6) is 0 Å². The Morgan fingerprint density at radius 3 is 2.85 bits per heavy atom. The van der Waals surface area contributed by atoms with Crippen molar-refractivity contribution in [1.29, 1.82) is 0 Å². The zero-order valence-electron chi connectivity index (χ0n) is 15.4. The number of hydrogen-bond donors (Lipinski definition) is 2. The summed E-state index contributed by atoms with van der Waals surface area (Å²) in [5, 5.41) is 9.37. The van der Waals surface area contributed by atoms with Gasteiger partial charge in [-0.2, -0.15) is 18.3 Å². The predicted octanol–water partition coefficient (Wildman–Crippen LogP) is 3.11. The lowest BCUT2D eigenvalue weighted by molar-refractivity contribution is -0.136. The van der Waals surface area contributed by atoms with E-state index in [2.05, 4.69) is 20.5 Å². The van der Waals surface area contributed by atoms with Crippen molar-refractivity contribution in [3.8, 4) is 0 Å². The lowest BCUT2D eigenvalue weighted by Crippen LogP contribution is -2.33. The standard InChI is InChI=1S/C17H22F3N5O2/c1-9(2)21-15-14-10(17(18,19)20)7-11(22-16(14)24-23-15)12-5-4-6-25(12)13(26)8-27-3/h7,9,12H,4-6,8H2,1-3H3,(H2,21,22,23,24)/t12-/m0/s1. The van der Waals surface area contributed by atoms with Crippen LogP contribution in [0.15, 0.2) is 6.07 Å². The van der Waals surface area contributed by atoms with E-state index >= 15 is 0 Å². The fourth-order valence-electron chi connectivity index (χ4n) is 3.40. The highest BCUT2D eigenvalue weighted by Gasteiger charge is 2.38. The maximum Gasteiger partial charge on any atom is 0.417 e. The highest BCUT2D eigenvalue weighted by molar-refractivity contribution is 5.91. The summed E-state index contributed by atoms with van der Waals surface area (Å²) >= 11 is 0. The number of aromatic amines is 1. The van der Waals surface area contributed by atoms with Gasteiger partial charge in [-0.3, -0.25) is 9.89 Å². The van der Waals surface area contributed by atoms with Crippen LogP contribution < -0.4 is 5.32 Å². The predicted molar refractivity (Wildman–Crippen MR) is 93.2 cm³/mol. The highest BCUT2D eigenvalue weighted by atomic mass is 19.4. The first-order chi connectivity index (χ1) is 12.7. The number of anilines is 1. The minimum Gasteiger partial charge on any atom is -0.375 e. The smallest absolute Gasteiger partial charge is 0.375 e. The molecule has 1 aliphatic rings. The molecule has 2 aromatic rings. The van der Waals surface area contributed by atoms with E-state index in [9.17, 15) is 18.0 Å². The van der Waals surface area contributed by atoms with Crippen LogP contribution in [0.25, 0.3) is 11.0 Å². The quantitative estimate of drug-likeness (QED) is 0.826. The topological polar surface area (TPSA) is 83.1 Å². The molecule has 10 heteroatoms. The van der Waals surface area contributed by atoms with Crippen LogP contribution in [-0.2, 0) is 15.7 Å². The van der Waals surface area contributed by atoms with Gasteiger partial charge in [0.15, 0.2) is 11.5 Å². The number of carbonyl (C=O) groups is 1. The second-order valence-corrected chi connectivity index (χ2v) is 6.87. The Kier molecular flexibility index (Phi) is 5.27. The first-order valence-electron chi connectivity index (χ1n) is 8.73. The fraction of sp³-hybridized carbons (Fsp3) is 0.588. The van der Waals surface area contributed by atoms with Crippen LogP contribution in [0.4, 0.5) is 19.0 Å². The van der Waals surface area contributed by atoms with Gasteiger partial charge < -0.3 is 15.0 Å². The van der Waals surface area contributed by atoms with Crippen LogP contribution in [0.1, 0.15) is 44.0 Å². The fourth-order valence-corrected chi connectivity index (χ4v) is 3.40. The first kappa shape index (κ1) is 19.4. The summed E-state index contributed by atoms with van der Waals surface area (Å²) in [6, 6.07) is 0.434. The van der Waals surface area contributed by atoms with Crippen LogP contribution in [0.3, 0.4) is 0 Å². The van der Waals surface area contributed by atoms with E-state index in [1.54, 1.807) is 0 Å². The van der Waals surface area contributed by atoms with Crippen molar-refractivity contribution in [1.82, 2.24) is 20.1 Å². The number of amides is 1. The molecule has 0 bridgehead atoms. The molecule has 3 heterocycles. The molecule has 0 aliphatic carbocycles. The Morgan fingerprint density at radius 2 is 2.22 bits per heavy atom. The van der Waals surface area contributed by atoms with Gasteiger partial charge >= 0.3 is 6.18 Å². The maximum absolute atomic E-state index is 13.8. The van der Waals surface area contributed by atoms with Gasteiger partial charge in [-0.05, 0) is 32.8 Å². The number of halogens is 3. The maximum atomic E-state index is 13.8. The number of nitrogens with one attached hydrogen (secondary N) is 2. The van der Waals surface area contributed by atoms with Crippen LogP contribution in [0.2, 0.25) is 0 Å². The molecule has 1 amide bonds. The number of alkyl halides is 3. The summed E-state index contributed by atoms with van der Waals surface area (Å²) in [6.45, 7) is 3.98. The molecule has 1 saturated heterocycles. The minimum atomic E-state index is -4.58. The monoisotopic (exact) mass is 385 g/mol. The van der Waals surface area contributed by atoms with Crippen molar-refractivity contribution in [2.24, 2.45) is 0 Å². The van der Waals surface area contributed by atoms with Gasteiger partial charge in [-0.15, -0.1) is 0 Å². The summed E-state index contributed by atoms with van der Waals surface area (Å²) in [5.41, 5.74) is -0.559. The summed E-state index contributed by atoms with van der Waals surface area (Å²) in [5.74, 6) is -0.146. The molecule has 0 spiro atoms. The molecule has 2 aromatic heterocycles. The molecule has 1 aliphatic heterocycles. The van der Waals surface area contributed by atoms with E-state index in [4.69, 9.17) is 4.74 Å². The molecule has 7 nitrogen and oxygen atoms in total. The van der Waals surface area contributed by atoms with Crippen molar-refractivity contribution < 1.29 is 22.7 Å². The number of ether oxygens (including phenoxy) is 1. The van der Waals surface area contributed by atoms with Crippen molar-refractivity contribution in [3.05, 3.63) is 17.3 Å². The van der Waals surface area contributed by atoms with Crippen LogP contribution in [-0.4, -0.2) is 52.3 Å². The first-order valence-corrected chi connectivity index (χ1v) is 8.73. The van der Waals surface area contributed by atoms with Crippen LogP contribution in [0, 0.1) is 0 Å². The molecule has 1 atom stereocenters. The molecule has 0 saturated carbocycles. The molecule has 27 heavy (non-hydrogen) atoms. The van der Waals surface area contributed by atoms with E-state index < -0.39 is 17.8 Å². The second kappa shape index (κ2) is 7.34. The highest BCUT2D eigenvalue weighted by Crippen LogP contribution is 2.40. The number of pyridine rings is 1. The molecule has 148 valence electrons. The third kappa shape index (κ3) is 3.85. The summed E-state index contributed by atoms with van der Waals surface area (Å²) < 4.78 is 46.1. The molecule has 0 radical (unpaired) electrons. The number of likely N-dealkylation sites (tertiary alicyclic amines) is 1. The Bertz CT molecular complexity index is 834. The average Bonchev–Trinajstić information content (AvgIpc) is 3.20. The molecule has 0 aromatic carbocycles. The molecule has 2 N–H and O–H groups in total. The van der Waals surface area contributed by atoms with Crippen molar-refractivity contribution in [2.45, 2.75) is 44.9 Å². The van der Waals surface area contributed by atoms with E-state index in [1.807, 2.05) is 13.8 Å². The van der Waals surface area contributed by atoms with Crippen molar-refractivity contribution >= 4 is 22.8 Å². The molecule has 0 unspecified atom stereocenters. The van der Waals surface area contributed by atoms with Crippen LogP contribution >= 0.6 is 0 Å². The lowest BCUT2D eigenvalue weighted by atomic mass is 10.0. The lowest BCUT2D eigenvalue weighted by Gasteiger charge is -2.25. The van der Waals surface area contributed by atoms with E-state index in [-0.39, 0.29) is 41.1 Å². The van der Waals surface area contributed by atoms with E-state index in [1.165, 1.54) is 12.0 Å². The van der Waals surface area contributed by atoms with Crippen molar-refractivity contribution in [2.75, 3.05) is 25.6 Å². The number of nitrogens with zero attached hydrogens (tertiary/aromatic N) is 3. The largest absolute Gasteiger partial charge is 0.417 e. The number of hydrogen-bond acceptors (Lipinski definition) is 5. The molecule has 1 fully saturated rings. The molecular weight excluding hydrogens is 363 g/mol. The van der Waals surface area contributed by atoms with Gasteiger partial charge in [0, 0.05) is 19.7 Å². The van der Waals surface area contributed by atoms with Gasteiger partial charge in [0.05, 0.1) is 22.7 Å². The third-order valence-electron chi connectivity index (χ3n) is 4.46. The van der Waals surface area contributed by atoms with Gasteiger partial charge in [0.1, 0.15) is 6.61 Å². The number of fused-ring (bicyclic) bond motifs is 1. The second-order valence-electron chi connectivity index (χ2n) is 6.87. The number of carbonyl (C=O) groups excluding carboxylic acids is 1. The Hall–Kier alpha value is -2.36. The number of methoxy groups -OCH3 is 1. The minimum absolute atomic E-state index is 0.0500. The summed E-state index contributed by atoms with van der Waals surface area (Å²) in [4.78, 5) is 18.1. The van der Waals surface area contributed by atoms with E-state index in [0.29, 0.717) is 19.4 Å². The zero-order chi connectivity index (χ0) is 19.8. The number of H-pyrrole nitrogens is 1. The normalized spacial score (nSPS) is 17.9. The SMILES string of the molecule is COCC(=O)N1CCC[C@H]1c1cc(C(F)(F)F)c2c(NC(C)C)n[nH]c2n1.